The van der Waals surface area contributed by atoms with Crippen LogP contribution in [0.2, 0.25) is 0 Å². The zero-order valence-corrected chi connectivity index (χ0v) is 11.7. The molecule has 0 atom stereocenters. The molecule has 0 bridgehead atoms. The number of hydrogen-bond donors (Lipinski definition) is 2. The molecule has 6 nitrogen and oxygen atoms in total. The van der Waals surface area contributed by atoms with E-state index >= 15 is 0 Å². The Hall–Kier alpha value is -3.07. The Morgan fingerprint density at radius 2 is 2.14 bits per heavy atom. The predicted molar refractivity (Wildman–Crippen MR) is 79.5 cm³/mol. The Labute approximate surface area is 122 Å². The van der Waals surface area contributed by atoms with Crippen molar-refractivity contribution in [3.63, 3.8) is 0 Å². The Balaban J connectivity index is 2.23. The first kappa shape index (κ1) is 14.3. The highest BCUT2D eigenvalue weighted by Gasteiger charge is 2.06. The molecule has 0 fully saturated rings. The quantitative estimate of drug-likeness (QED) is 0.900. The number of nitriles is 1. The average Bonchev–Trinajstić information content (AvgIpc) is 2.48. The van der Waals surface area contributed by atoms with Crippen LogP contribution < -0.4 is 15.4 Å². The van der Waals surface area contributed by atoms with Gasteiger partial charge in [-0.3, -0.25) is 4.79 Å². The van der Waals surface area contributed by atoms with Crippen LogP contribution >= 0.6 is 0 Å². The second-order valence-electron chi connectivity index (χ2n) is 4.27. The van der Waals surface area contributed by atoms with Crippen LogP contribution in [0.5, 0.6) is 5.75 Å². The number of benzene rings is 1. The number of aromatic nitrogens is 1. The second kappa shape index (κ2) is 6.39. The Bertz CT molecular complexity index is 690. The van der Waals surface area contributed by atoms with E-state index in [9.17, 15) is 4.79 Å². The number of hydrogen-bond acceptors (Lipinski definition) is 5. The third-order valence-corrected chi connectivity index (χ3v) is 2.68. The van der Waals surface area contributed by atoms with Crippen LogP contribution in [0.4, 0.5) is 17.2 Å². The summed E-state index contributed by atoms with van der Waals surface area (Å²) >= 11 is 0. The minimum atomic E-state index is -0.179. The molecular weight excluding hydrogens is 268 g/mol. The van der Waals surface area contributed by atoms with Crippen LogP contribution in [0.25, 0.3) is 0 Å². The molecular formula is C15H14N4O2. The molecule has 0 saturated heterocycles. The number of carbonyl (C=O) groups excluding carboxylic acids is 1. The van der Waals surface area contributed by atoms with Crippen molar-refractivity contribution in [2.24, 2.45) is 0 Å². The van der Waals surface area contributed by atoms with Gasteiger partial charge in [0.2, 0.25) is 5.91 Å². The molecule has 2 rings (SSSR count). The van der Waals surface area contributed by atoms with Gasteiger partial charge in [0.25, 0.3) is 0 Å². The van der Waals surface area contributed by atoms with E-state index in [4.69, 9.17) is 10.00 Å². The lowest BCUT2D eigenvalue weighted by molar-refractivity contribution is -0.114. The van der Waals surface area contributed by atoms with Crippen LogP contribution in [0, 0.1) is 11.3 Å². The van der Waals surface area contributed by atoms with Gasteiger partial charge in [-0.1, -0.05) is 0 Å². The number of carbonyl (C=O) groups is 1. The summed E-state index contributed by atoms with van der Waals surface area (Å²) < 4.78 is 5.19. The smallest absolute Gasteiger partial charge is 0.221 e. The van der Waals surface area contributed by atoms with E-state index in [1.54, 1.807) is 24.3 Å². The lowest BCUT2D eigenvalue weighted by atomic mass is 10.2. The van der Waals surface area contributed by atoms with Gasteiger partial charge in [-0.25, -0.2) is 4.98 Å². The van der Waals surface area contributed by atoms with Gasteiger partial charge in [0, 0.05) is 18.8 Å². The summed E-state index contributed by atoms with van der Waals surface area (Å²) in [5.41, 5.74) is 1.81. The van der Waals surface area contributed by atoms with E-state index in [0.29, 0.717) is 22.8 Å². The molecule has 0 aliphatic heterocycles. The lowest BCUT2D eigenvalue weighted by Crippen LogP contribution is -2.07. The van der Waals surface area contributed by atoms with E-state index in [1.165, 1.54) is 20.2 Å². The molecule has 0 unspecified atom stereocenters. The minimum absolute atomic E-state index is 0.179. The van der Waals surface area contributed by atoms with E-state index in [2.05, 4.69) is 15.6 Å². The normalized spacial score (nSPS) is 9.57. The molecule has 6 heteroatoms. The van der Waals surface area contributed by atoms with Crippen molar-refractivity contribution in [2.45, 2.75) is 6.92 Å². The van der Waals surface area contributed by atoms with E-state index < -0.39 is 0 Å². The van der Waals surface area contributed by atoms with Crippen LogP contribution in [0.3, 0.4) is 0 Å². The molecule has 1 aromatic carbocycles. The fourth-order valence-electron chi connectivity index (χ4n) is 1.75. The van der Waals surface area contributed by atoms with Gasteiger partial charge in [-0.05, 0) is 30.3 Å². The van der Waals surface area contributed by atoms with Crippen LogP contribution in [0.1, 0.15) is 12.5 Å². The maximum Gasteiger partial charge on any atom is 0.221 e. The number of methoxy groups -OCH3 is 1. The topological polar surface area (TPSA) is 87.0 Å². The number of ether oxygens (including phenoxy) is 1. The summed E-state index contributed by atoms with van der Waals surface area (Å²) in [5, 5.41) is 14.5. The van der Waals surface area contributed by atoms with Crippen molar-refractivity contribution in [2.75, 3.05) is 17.7 Å². The Kier molecular flexibility index (Phi) is 4.36. The maximum absolute atomic E-state index is 11.2. The average molecular weight is 282 g/mol. The zero-order chi connectivity index (χ0) is 15.2. The van der Waals surface area contributed by atoms with Crippen molar-refractivity contribution in [3.8, 4) is 11.8 Å². The van der Waals surface area contributed by atoms with Crippen molar-refractivity contribution in [3.05, 3.63) is 42.1 Å². The summed E-state index contributed by atoms with van der Waals surface area (Å²) in [6, 6.07) is 10.7. The maximum atomic E-state index is 11.2. The van der Waals surface area contributed by atoms with Crippen molar-refractivity contribution >= 4 is 23.1 Å². The van der Waals surface area contributed by atoms with E-state index in [-0.39, 0.29) is 5.91 Å². The van der Waals surface area contributed by atoms with Crippen molar-refractivity contribution in [1.29, 1.82) is 5.26 Å². The fraction of sp³-hybridized carbons (Fsp3) is 0.133. The number of nitrogens with one attached hydrogen (secondary N) is 2. The molecule has 0 spiro atoms. The molecule has 21 heavy (non-hydrogen) atoms. The first-order valence-electron chi connectivity index (χ1n) is 6.21. The highest BCUT2D eigenvalue weighted by Crippen LogP contribution is 2.29. The van der Waals surface area contributed by atoms with Gasteiger partial charge in [-0.15, -0.1) is 0 Å². The SMILES string of the molecule is COc1ccc(Nc2ccc(C#N)cn2)cc1NC(C)=O. The van der Waals surface area contributed by atoms with Crippen LogP contribution in [-0.2, 0) is 4.79 Å². The molecule has 2 N–H and O–H groups in total. The molecule has 106 valence electrons. The highest BCUT2D eigenvalue weighted by atomic mass is 16.5. The van der Waals surface area contributed by atoms with E-state index in [1.807, 2.05) is 12.1 Å². The summed E-state index contributed by atoms with van der Waals surface area (Å²) in [4.78, 5) is 15.3. The zero-order valence-electron chi connectivity index (χ0n) is 11.7. The van der Waals surface area contributed by atoms with Crippen molar-refractivity contribution < 1.29 is 9.53 Å². The summed E-state index contributed by atoms with van der Waals surface area (Å²) in [5.74, 6) is 0.999. The van der Waals surface area contributed by atoms with Crippen LogP contribution in [0.15, 0.2) is 36.5 Å². The number of amides is 1. The molecule has 1 heterocycles. The van der Waals surface area contributed by atoms with Gasteiger partial charge in [0.1, 0.15) is 17.6 Å². The monoisotopic (exact) mass is 282 g/mol. The highest BCUT2D eigenvalue weighted by molar-refractivity contribution is 5.91. The fourth-order valence-corrected chi connectivity index (χ4v) is 1.75. The summed E-state index contributed by atoms with van der Waals surface area (Å²) in [6.07, 6.45) is 1.49. The third kappa shape index (κ3) is 3.70. The van der Waals surface area contributed by atoms with Crippen molar-refractivity contribution in [1.82, 2.24) is 4.98 Å². The molecule has 0 aliphatic rings. The summed E-state index contributed by atoms with van der Waals surface area (Å²) in [6.45, 7) is 1.43. The molecule has 0 saturated carbocycles. The number of pyridine rings is 1. The molecule has 0 radical (unpaired) electrons. The largest absolute Gasteiger partial charge is 0.495 e. The Morgan fingerprint density at radius 3 is 2.71 bits per heavy atom. The third-order valence-electron chi connectivity index (χ3n) is 2.68. The number of nitrogens with zero attached hydrogens (tertiary/aromatic N) is 2. The molecule has 2 aromatic rings. The molecule has 0 aliphatic carbocycles. The van der Waals surface area contributed by atoms with Gasteiger partial charge >= 0.3 is 0 Å². The standard InChI is InChI=1S/C15H14N4O2/c1-10(20)18-13-7-12(4-5-14(13)21-2)19-15-6-3-11(8-16)9-17-15/h3-7,9H,1-2H3,(H,17,19)(H,18,20). The first-order valence-corrected chi connectivity index (χ1v) is 6.21. The van der Waals surface area contributed by atoms with Gasteiger partial charge in [-0.2, -0.15) is 5.26 Å². The second-order valence-corrected chi connectivity index (χ2v) is 4.27. The van der Waals surface area contributed by atoms with Crippen LogP contribution in [-0.4, -0.2) is 18.0 Å². The Morgan fingerprint density at radius 1 is 1.33 bits per heavy atom. The van der Waals surface area contributed by atoms with Gasteiger partial charge in [0.05, 0.1) is 18.4 Å². The predicted octanol–water partition coefficient (Wildman–Crippen LogP) is 2.66. The van der Waals surface area contributed by atoms with Gasteiger partial charge < -0.3 is 15.4 Å². The summed E-state index contributed by atoms with van der Waals surface area (Å²) in [7, 11) is 1.54. The van der Waals surface area contributed by atoms with Gasteiger partial charge in [0.15, 0.2) is 0 Å². The number of anilines is 3. The minimum Gasteiger partial charge on any atom is -0.495 e. The lowest BCUT2D eigenvalue weighted by Gasteiger charge is -2.12. The first-order chi connectivity index (χ1) is 10.1. The van der Waals surface area contributed by atoms with E-state index in [0.717, 1.165) is 5.69 Å². The molecule has 1 amide bonds. The number of rotatable bonds is 4. The molecule has 1 aromatic heterocycles.